The van der Waals surface area contributed by atoms with Gasteiger partial charge in [0.05, 0.1) is 26.4 Å². The molecule has 0 bridgehead atoms. The summed E-state index contributed by atoms with van der Waals surface area (Å²) in [6.07, 6.45) is -1.10. The molecule has 0 spiro atoms. The van der Waals surface area contributed by atoms with E-state index in [1.165, 1.54) is 0 Å². The summed E-state index contributed by atoms with van der Waals surface area (Å²) >= 11 is 0. The fourth-order valence-electron chi connectivity index (χ4n) is 3.13. The molecule has 0 saturated heterocycles. The maximum absolute atomic E-state index is 13.8. The number of esters is 1. The molecule has 1 amide bonds. The van der Waals surface area contributed by atoms with Crippen LogP contribution in [0.15, 0.2) is 48.5 Å². The Balaban J connectivity index is 2.48. The summed E-state index contributed by atoms with van der Waals surface area (Å²) in [4.78, 5) is 25.4. The van der Waals surface area contributed by atoms with Gasteiger partial charge in [0.2, 0.25) is 0 Å². The van der Waals surface area contributed by atoms with E-state index < -0.39 is 34.4 Å². The number of aliphatic hydroxyl groups is 2. The molecule has 2 N–H and O–H groups in total. The van der Waals surface area contributed by atoms with E-state index in [4.69, 9.17) is 9.47 Å². The van der Waals surface area contributed by atoms with Gasteiger partial charge in [-0.15, -0.1) is 0 Å². The summed E-state index contributed by atoms with van der Waals surface area (Å²) in [5.41, 5.74) is 1.31. The van der Waals surface area contributed by atoms with Gasteiger partial charge >= 0.3 is 22.3 Å². The van der Waals surface area contributed by atoms with Gasteiger partial charge in [-0.3, -0.25) is 4.79 Å². The minimum Gasteiger partial charge on any atom is -0.465 e. The lowest BCUT2D eigenvalue weighted by Gasteiger charge is -2.31. The highest BCUT2D eigenvalue weighted by molar-refractivity contribution is 7.87. The summed E-state index contributed by atoms with van der Waals surface area (Å²) in [5, 5.41) is 18.6. The lowest BCUT2D eigenvalue weighted by Crippen LogP contribution is -2.49. The number of rotatable bonds is 11. The topological polar surface area (TPSA) is 134 Å². The smallest absolute Gasteiger partial charge is 0.425 e. The van der Waals surface area contributed by atoms with Crippen molar-refractivity contribution in [3.05, 3.63) is 70.8 Å². The van der Waals surface area contributed by atoms with Crippen molar-refractivity contribution in [2.45, 2.75) is 59.6 Å². The average molecular weight is 523 g/mol. The number of aliphatic hydroxyl groups excluding tert-OH is 2. The zero-order valence-electron chi connectivity index (χ0n) is 21.0. The van der Waals surface area contributed by atoms with Crippen LogP contribution in [0.25, 0.3) is 0 Å². The molecule has 0 aliphatic heterocycles. The molecule has 2 aromatic rings. The van der Waals surface area contributed by atoms with Crippen molar-refractivity contribution < 1.29 is 37.7 Å². The van der Waals surface area contributed by atoms with Gasteiger partial charge in [0.1, 0.15) is 12.1 Å². The van der Waals surface area contributed by atoms with Crippen molar-refractivity contribution in [1.82, 2.24) is 8.61 Å². The number of ether oxygens (including phenoxy) is 2. The van der Waals surface area contributed by atoms with Crippen molar-refractivity contribution in [2.24, 2.45) is 0 Å². The van der Waals surface area contributed by atoms with Crippen molar-refractivity contribution in [3.8, 4) is 0 Å². The predicted molar refractivity (Wildman–Crippen MR) is 132 cm³/mol. The molecule has 0 saturated carbocycles. The number of hydrogen-bond acceptors (Lipinski definition) is 8. The molecular weight excluding hydrogens is 488 g/mol. The van der Waals surface area contributed by atoms with Crippen LogP contribution in [0.5, 0.6) is 0 Å². The SMILES string of the molecule is CCOC(=O)CN(Cc1ccc(CO)cc1)S(=O)(=O)N(Cc1ccc(CO)cc1)C(=O)OC(C)(C)C. The monoisotopic (exact) mass is 522 g/mol. The Hall–Kier alpha value is -2.99. The fourth-order valence-corrected chi connectivity index (χ4v) is 4.53. The number of hydrogen-bond donors (Lipinski definition) is 2. The summed E-state index contributed by atoms with van der Waals surface area (Å²) in [6.45, 7) is 4.95. The minimum absolute atomic E-state index is 0.0604. The quantitative estimate of drug-likeness (QED) is 0.431. The van der Waals surface area contributed by atoms with E-state index in [0.29, 0.717) is 26.6 Å². The molecule has 2 rings (SSSR count). The molecule has 10 nitrogen and oxygen atoms in total. The van der Waals surface area contributed by atoms with E-state index in [1.54, 1.807) is 76.2 Å². The van der Waals surface area contributed by atoms with Crippen molar-refractivity contribution in [1.29, 1.82) is 0 Å². The molecule has 0 radical (unpaired) electrons. The summed E-state index contributed by atoms with van der Waals surface area (Å²) < 4.78 is 39.4. The first kappa shape index (κ1) is 29.2. The lowest BCUT2D eigenvalue weighted by molar-refractivity contribution is -0.143. The van der Waals surface area contributed by atoms with Gasteiger partial charge in [0.25, 0.3) is 0 Å². The van der Waals surface area contributed by atoms with E-state index in [0.717, 1.165) is 4.31 Å². The molecule has 0 aromatic heterocycles. The Kier molecular flexibility index (Phi) is 10.4. The van der Waals surface area contributed by atoms with E-state index >= 15 is 0 Å². The summed E-state index contributed by atoms with van der Waals surface area (Å²) in [5.74, 6) is -0.774. The van der Waals surface area contributed by atoms with Crippen LogP contribution in [0.3, 0.4) is 0 Å². The first-order chi connectivity index (χ1) is 16.9. The molecule has 0 heterocycles. The number of carbonyl (C=O) groups excluding carboxylic acids is 2. The molecular formula is C25H34N2O8S. The van der Waals surface area contributed by atoms with E-state index in [2.05, 4.69) is 0 Å². The van der Waals surface area contributed by atoms with Crippen LogP contribution in [-0.2, 0) is 50.8 Å². The minimum atomic E-state index is -4.58. The van der Waals surface area contributed by atoms with Gasteiger partial charge in [0, 0.05) is 6.54 Å². The Bertz CT molecular complexity index is 1110. The van der Waals surface area contributed by atoms with Crippen molar-refractivity contribution >= 4 is 22.3 Å². The fraction of sp³-hybridized carbons (Fsp3) is 0.440. The Morgan fingerprint density at radius 1 is 0.833 bits per heavy atom. The van der Waals surface area contributed by atoms with Crippen LogP contribution in [0.1, 0.15) is 49.9 Å². The van der Waals surface area contributed by atoms with Gasteiger partial charge in [-0.05, 0) is 49.9 Å². The number of nitrogens with zero attached hydrogens (tertiary/aromatic N) is 2. The van der Waals surface area contributed by atoms with E-state index in [9.17, 15) is 28.2 Å². The normalized spacial score (nSPS) is 11.9. The third-order valence-corrected chi connectivity index (χ3v) is 6.65. The van der Waals surface area contributed by atoms with Crippen molar-refractivity contribution in [3.63, 3.8) is 0 Å². The van der Waals surface area contributed by atoms with Gasteiger partial charge in [0.15, 0.2) is 0 Å². The molecule has 11 heteroatoms. The molecule has 198 valence electrons. The first-order valence-electron chi connectivity index (χ1n) is 11.4. The highest BCUT2D eigenvalue weighted by Gasteiger charge is 2.37. The average Bonchev–Trinajstić information content (AvgIpc) is 2.81. The largest absolute Gasteiger partial charge is 0.465 e. The standard InChI is InChI=1S/C25H34N2O8S/c1-5-34-23(30)16-26(14-19-6-10-21(17-28)11-7-19)36(32,33)27(24(31)35-25(2,3)4)15-20-8-12-22(18-29)13-9-20/h6-13,28-29H,5,14-18H2,1-4H3. The maximum Gasteiger partial charge on any atom is 0.425 e. The Morgan fingerprint density at radius 2 is 1.28 bits per heavy atom. The van der Waals surface area contributed by atoms with Gasteiger partial charge in [-0.25, -0.2) is 4.79 Å². The number of benzene rings is 2. The van der Waals surface area contributed by atoms with Crippen LogP contribution < -0.4 is 0 Å². The van der Waals surface area contributed by atoms with Crippen LogP contribution in [0.4, 0.5) is 4.79 Å². The molecule has 0 aliphatic carbocycles. The second kappa shape index (κ2) is 12.8. The van der Waals surface area contributed by atoms with Gasteiger partial charge in [-0.1, -0.05) is 48.5 Å². The Morgan fingerprint density at radius 3 is 1.69 bits per heavy atom. The van der Waals surface area contributed by atoms with E-state index in [1.807, 2.05) is 0 Å². The van der Waals surface area contributed by atoms with Crippen LogP contribution in [0, 0.1) is 0 Å². The zero-order chi connectivity index (χ0) is 26.9. The third-order valence-electron chi connectivity index (χ3n) is 4.91. The molecule has 2 aromatic carbocycles. The second-order valence-electron chi connectivity index (χ2n) is 9.02. The highest BCUT2D eigenvalue weighted by Crippen LogP contribution is 2.21. The lowest BCUT2D eigenvalue weighted by atomic mass is 10.1. The van der Waals surface area contributed by atoms with Crippen molar-refractivity contribution in [2.75, 3.05) is 13.2 Å². The third kappa shape index (κ3) is 8.59. The highest BCUT2D eigenvalue weighted by atomic mass is 32.2. The predicted octanol–water partition coefficient (Wildman–Crippen LogP) is 2.72. The number of carbonyl (C=O) groups is 2. The summed E-state index contributed by atoms with van der Waals surface area (Å²) in [7, 11) is -4.58. The Labute approximate surface area is 212 Å². The van der Waals surface area contributed by atoms with Gasteiger partial charge in [-0.2, -0.15) is 17.0 Å². The van der Waals surface area contributed by atoms with Gasteiger partial charge < -0.3 is 19.7 Å². The number of amides is 1. The zero-order valence-corrected chi connectivity index (χ0v) is 21.8. The summed E-state index contributed by atoms with van der Waals surface area (Å²) in [6, 6.07) is 13.0. The molecule has 0 unspecified atom stereocenters. The second-order valence-corrected chi connectivity index (χ2v) is 10.9. The van der Waals surface area contributed by atoms with Crippen LogP contribution in [-0.4, -0.2) is 58.1 Å². The molecule has 0 atom stereocenters. The van der Waals surface area contributed by atoms with Crippen LogP contribution >= 0.6 is 0 Å². The van der Waals surface area contributed by atoms with E-state index in [-0.39, 0.29) is 32.9 Å². The first-order valence-corrected chi connectivity index (χ1v) is 12.8. The molecule has 0 fully saturated rings. The van der Waals surface area contributed by atoms with Crippen LogP contribution in [0.2, 0.25) is 0 Å². The maximum atomic E-state index is 13.8. The molecule has 36 heavy (non-hydrogen) atoms. The molecule has 0 aliphatic rings.